The van der Waals surface area contributed by atoms with E-state index in [2.05, 4.69) is 5.92 Å². The molecule has 0 heterocycles. The minimum absolute atomic E-state index is 0.511. The Kier molecular flexibility index (Phi) is 4.05. The summed E-state index contributed by atoms with van der Waals surface area (Å²) in [4.78, 5) is 0. The molecule has 0 aromatic rings. The Bertz CT molecular complexity index is 123. The number of hydrogen-bond donors (Lipinski definition) is 3. The molecule has 0 saturated carbocycles. The highest BCUT2D eigenvalue weighted by Gasteiger charge is 2.15. The van der Waals surface area contributed by atoms with Crippen molar-refractivity contribution in [1.82, 2.24) is 0 Å². The third-order valence-corrected chi connectivity index (χ3v) is 1.34. The van der Waals surface area contributed by atoms with Gasteiger partial charge in [-0.1, -0.05) is 0 Å². The summed E-state index contributed by atoms with van der Waals surface area (Å²) in [6, 6.07) is 0. The molecule has 0 saturated heterocycles. The van der Waals surface area contributed by atoms with E-state index in [-0.39, 0.29) is 0 Å². The van der Waals surface area contributed by atoms with E-state index in [1.54, 1.807) is 0 Å². The van der Waals surface area contributed by atoms with Gasteiger partial charge >= 0.3 is 0 Å². The Hall–Kier alpha value is -0.560. The van der Waals surface area contributed by atoms with Crippen LogP contribution < -0.4 is 17.2 Å². The van der Waals surface area contributed by atoms with Gasteiger partial charge in [-0.25, -0.2) is 0 Å². The first-order chi connectivity index (χ1) is 4.62. The Labute approximate surface area is 61.9 Å². The van der Waals surface area contributed by atoms with Crippen LogP contribution in [0.3, 0.4) is 0 Å². The van der Waals surface area contributed by atoms with Gasteiger partial charge in [0.25, 0.3) is 0 Å². The minimum atomic E-state index is -0.666. The average Bonchev–Trinajstić information content (AvgIpc) is 1.84. The van der Waals surface area contributed by atoms with Crippen molar-refractivity contribution < 1.29 is 0 Å². The van der Waals surface area contributed by atoms with Crippen LogP contribution in [0.2, 0.25) is 0 Å². The van der Waals surface area contributed by atoms with E-state index in [9.17, 15) is 0 Å². The SMILES string of the molecule is C#CCCC(N)(N)CCN. The van der Waals surface area contributed by atoms with Crippen molar-refractivity contribution in [1.29, 1.82) is 0 Å². The van der Waals surface area contributed by atoms with Gasteiger partial charge in [0.05, 0.1) is 5.66 Å². The van der Waals surface area contributed by atoms with Gasteiger partial charge in [0.2, 0.25) is 0 Å². The van der Waals surface area contributed by atoms with E-state index in [0.717, 1.165) is 0 Å². The molecule has 0 aromatic carbocycles. The fraction of sp³-hybridized carbons (Fsp3) is 0.714. The van der Waals surface area contributed by atoms with Gasteiger partial charge in [0.1, 0.15) is 0 Å². The van der Waals surface area contributed by atoms with Crippen LogP contribution in [0, 0.1) is 12.3 Å². The first-order valence-corrected chi connectivity index (χ1v) is 3.33. The standard InChI is InChI=1S/C7H15N3/c1-2-3-4-7(9,10)5-6-8/h1H,3-6,8-10H2. The molecule has 0 aliphatic heterocycles. The molecule has 3 nitrogen and oxygen atoms in total. The molecular weight excluding hydrogens is 126 g/mol. The Morgan fingerprint density at radius 1 is 1.30 bits per heavy atom. The van der Waals surface area contributed by atoms with Crippen molar-refractivity contribution in [3.63, 3.8) is 0 Å². The highest BCUT2D eigenvalue weighted by Crippen LogP contribution is 2.04. The second kappa shape index (κ2) is 4.29. The van der Waals surface area contributed by atoms with E-state index < -0.39 is 5.66 Å². The molecule has 0 aliphatic rings. The molecule has 0 rings (SSSR count). The summed E-state index contributed by atoms with van der Waals surface area (Å²) in [5.74, 6) is 2.48. The lowest BCUT2D eigenvalue weighted by molar-refractivity contribution is 0.389. The quantitative estimate of drug-likeness (QED) is 0.360. The molecule has 0 radical (unpaired) electrons. The zero-order valence-corrected chi connectivity index (χ0v) is 6.14. The molecule has 0 amide bonds. The second-order valence-corrected chi connectivity index (χ2v) is 2.48. The average molecular weight is 141 g/mol. The summed E-state index contributed by atoms with van der Waals surface area (Å²) < 4.78 is 0. The zero-order chi connectivity index (χ0) is 8.04. The van der Waals surface area contributed by atoms with Gasteiger partial charge in [0, 0.05) is 6.42 Å². The lowest BCUT2D eigenvalue weighted by atomic mass is 10.0. The summed E-state index contributed by atoms with van der Waals surface area (Å²) in [6.45, 7) is 0.511. The summed E-state index contributed by atoms with van der Waals surface area (Å²) in [5.41, 5.74) is 15.8. The summed E-state index contributed by atoms with van der Waals surface area (Å²) in [5, 5.41) is 0. The zero-order valence-electron chi connectivity index (χ0n) is 6.14. The molecule has 0 atom stereocenters. The molecule has 0 unspecified atom stereocenters. The molecule has 10 heavy (non-hydrogen) atoms. The maximum absolute atomic E-state index is 5.62. The van der Waals surface area contributed by atoms with Crippen LogP contribution in [-0.2, 0) is 0 Å². The fourth-order valence-electron chi connectivity index (χ4n) is 0.699. The molecule has 58 valence electrons. The van der Waals surface area contributed by atoms with E-state index >= 15 is 0 Å². The Morgan fingerprint density at radius 3 is 2.30 bits per heavy atom. The van der Waals surface area contributed by atoms with Crippen molar-refractivity contribution in [3.8, 4) is 12.3 Å². The van der Waals surface area contributed by atoms with Crippen LogP contribution in [-0.4, -0.2) is 12.2 Å². The molecule has 0 aliphatic carbocycles. The first kappa shape index (κ1) is 9.44. The monoisotopic (exact) mass is 141 g/mol. The molecule has 0 fully saturated rings. The Balaban J connectivity index is 3.54. The van der Waals surface area contributed by atoms with Crippen LogP contribution in [0.15, 0.2) is 0 Å². The smallest absolute Gasteiger partial charge is 0.0658 e. The highest BCUT2D eigenvalue weighted by molar-refractivity contribution is 4.88. The number of rotatable bonds is 4. The van der Waals surface area contributed by atoms with Crippen molar-refractivity contribution in [3.05, 3.63) is 0 Å². The normalized spacial score (nSPS) is 11.0. The third kappa shape index (κ3) is 4.33. The summed E-state index contributed by atoms with van der Waals surface area (Å²) in [7, 11) is 0. The predicted octanol–water partition coefficient (Wildman–Crippen LogP) is -0.638. The lowest BCUT2D eigenvalue weighted by Crippen LogP contribution is -2.50. The van der Waals surface area contributed by atoms with Crippen molar-refractivity contribution in [2.45, 2.75) is 24.9 Å². The number of hydrogen-bond acceptors (Lipinski definition) is 3. The van der Waals surface area contributed by atoms with Gasteiger partial charge in [-0.05, 0) is 19.4 Å². The van der Waals surface area contributed by atoms with Crippen LogP contribution in [0.5, 0.6) is 0 Å². The fourth-order valence-corrected chi connectivity index (χ4v) is 0.699. The number of nitrogens with two attached hydrogens (primary N) is 3. The highest BCUT2D eigenvalue weighted by atomic mass is 15.0. The van der Waals surface area contributed by atoms with Crippen LogP contribution in [0.1, 0.15) is 19.3 Å². The van der Waals surface area contributed by atoms with E-state index in [0.29, 0.717) is 25.8 Å². The van der Waals surface area contributed by atoms with Crippen molar-refractivity contribution >= 4 is 0 Å². The third-order valence-electron chi connectivity index (χ3n) is 1.34. The molecule has 6 N–H and O–H groups in total. The predicted molar refractivity (Wildman–Crippen MR) is 42.8 cm³/mol. The topological polar surface area (TPSA) is 78.1 Å². The largest absolute Gasteiger partial charge is 0.330 e. The van der Waals surface area contributed by atoms with E-state index in [1.165, 1.54) is 0 Å². The van der Waals surface area contributed by atoms with Gasteiger partial charge in [0.15, 0.2) is 0 Å². The molecular formula is C7H15N3. The van der Waals surface area contributed by atoms with Crippen LogP contribution >= 0.6 is 0 Å². The molecule has 0 bridgehead atoms. The molecule has 0 spiro atoms. The summed E-state index contributed by atoms with van der Waals surface area (Å²) >= 11 is 0. The number of terminal acetylenes is 1. The molecule has 3 heteroatoms. The van der Waals surface area contributed by atoms with Crippen molar-refractivity contribution in [2.75, 3.05) is 6.54 Å². The first-order valence-electron chi connectivity index (χ1n) is 3.33. The van der Waals surface area contributed by atoms with Crippen LogP contribution in [0.4, 0.5) is 0 Å². The maximum atomic E-state index is 5.62. The summed E-state index contributed by atoms with van der Waals surface area (Å²) in [6.07, 6.45) is 6.92. The van der Waals surface area contributed by atoms with Gasteiger partial charge in [-0.3, -0.25) is 0 Å². The lowest BCUT2D eigenvalue weighted by Gasteiger charge is -2.22. The van der Waals surface area contributed by atoms with Gasteiger partial charge in [-0.15, -0.1) is 12.3 Å². The van der Waals surface area contributed by atoms with Gasteiger partial charge in [-0.2, -0.15) is 0 Å². The molecule has 0 aromatic heterocycles. The minimum Gasteiger partial charge on any atom is -0.330 e. The maximum Gasteiger partial charge on any atom is 0.0658 e. The van der Waals surface area contributed by atoms with Crippen LogP contribution in [0.25, 0.3) is 0 Å². The van der Waals surface area contributed by atoms with E-state index in [4.69, 9.17) is 23.6 Å². The van der Waals surface area contributed by atoms with E-state index in [1.807, 2.05) is 0 Å². The Morgan fingerprint density at radius 2 is 1.90 bits per heavy atom. The van der Waals surface area contributed by atoms with Gasteiger partial charge < -0.3 is 17.2 Å². The second-order valence-electron chi connectivity index (χ2n) is 2.48. The van der Waals surface area contributed by atoms with Crippen molar-refractivity contribution in [2.24, 2.45) is 17.2 Å².